The first-order chi connectivity index (χ1) is 9.65. The maximum absolute atomic E-state index is 5.82. The van der Waals surface area contributed by atoms with Gasteiger partial charge in [-0.2, -0.15) is 0 Å². The molecule has 0 aliphatic rings. The molecule has 2 N–H and O–H groups in total. The first-order valence-corrected chi connectivity index (χ1v) is 6.86. The van der Waals surface area contributed by atoms with E-state index in [1.807, 2.05) is 43.3 Å². The average Bonchev–Trinajstić information content (AvgIpc) is 2.82. The molecule has 0 atom stereocenters. The molecule has 0 unspecified atom stereocenters. The van der Waals surface area contributed by atoms with E-state index in [9.17, 15) is 0 Å². The molecule has 1 aromatic carbocycles. The van der Waals surface area contributed by atoms with E-state index in [2.05, 4.69) is 11.9 Å². The van der Waals surface area contributed by atoms with E-state index in [1.54, 1.807) is 0 Å². The van der Waals surface area contributed by atoms with Crippen molar-refractivity contribution in [2.45, 2.75) is 19.9 Å². The fraction of sp³-hybridized carbons (Fsp3) is 0.375. The van der Waals surface area contributed by atoms with Crippen LogP contribution in [0.15, 0.2) is 40.8 Å². The van der Waals surface area contributed by atoms with Crippen LogP contribution < -0.4 is 10.5 Å². The van der Waals surface area contributed by atoms with Crippen molar-refractivity contribution in [2.24, 2.45) is 0 Å². The van der Waals surface area contributed by atoms with Crippen LogP contribution in [0.4, 0.5) is 5.69 Å². The lowest BCUT2D eigenvalue weighted by Crippen LogP contribution is -2.20. The normalized spacial score (nSPS) is 10.9. The number of aryl methyl sites for hydroxylation is 1. The maximum atomic E-state index is 5.82. The number of nitrogens with two attached hydrogens (primary N) is 1. The van der Waals surface area contributed by atoms with Crippen LogP contribution in [0.3, 0.4) is 0 Å². The van der Waals surface area contributed by atoms with E-state index < -0.39 is 0 Å². The van der Waals surface area contributed by atoms with Crippen molar-refractivity contribution >= 4 is 5.69 Å². The van der Waals surface area contributed by atoms with Gasteiger partial charge in [0.2, 0.25) is 0 Å². The molecule has 0 amide bonds. The van der Waals surface area contributed by atoms with Crippen LogP contribution in [0, 0.1) is 6.92 Å². The van der Waals surface area contributed by atoms with Gasteiger partial charge in [0.1, 0.15) is 17.3 Å². The first kappa shape index (κ1) is 14.5. The van der Waals surface area contributed by atoms with Gasteiger partial charge >= 0.3 is 0 Å². The number of hydrogen-bond donors (Lipinski definition) is 1. The van der Waals surface area contributed by atoms with Crippen molar-refractivity contribution in [3.8, 4) is 5.75 Å². The Morgan fingerprint density at radius 3 is 2.70 bits per heavy atom. The van der Waals surface area contributed by atoms with Crippen molar-refractivity contribution in [3.05, 3.63) is 47.9 Å². The van der Waals surface area contributed by atoms with Gasteiger partial charge < -0.3 is 14.9 Å². The highest BCUT2D eigenvalue weighted by Gasteiger charge is 2.04. The summed E-state index contributed by atoms with van der Waals surface area (Å²) in [5.74, 6) is 2.71. The van der Waals surface area contributed by atoms with Crippen LogP contribution in [-0.2, 0) is 6.54 Å². The SMILES string of the molecule is Cc1ccc(CN(C)CCCOc2ccccc2N)o1. The Morgan fingerprint density at radius 2 is 2.00 bits per heavy atom. The van der Waals surface area contributed by atoms with Gasteiger partial charge in [-0.3, -0.25) is 4.90 Å². The molecule has 0 saturated heterocycles. The smallest absolute Gasteiger partial charge is 0.142 e. The second kappa shape index (κ2) is 7.01. The number of benzene rings is 1. The molecule has 0 saturated carbocycles. The Labute approximate surface area is 120 Å². The Bertz CT molecular complexity index is 537. The monoisotopic (exact) mass is 274 g/mol. The van der Waals surface area contributed by atoms with Gasteiger partial charge in [-0.05, 0) is 44.7 Å². The summed E-state index contributed by atoms with van der Waals surface area (Å²) in [7, 11) is 2.08. The predicted octanol–water partition coefficient (Wildman–Crippen LogP) is 3.07. The summed E-state index contributed by atoms with van der Waals surface area (Å²) in [4.78, 5) is 2.22. The molecule has 4 heteroatoms. The number of hydrogen-bond acceptors (Lipinski definition) is 4. The average molecular weight is 274 g/mol. The molecular formula is C16H22N2O2. The highest BCUT2D eigenvalue weighted by atomic mass is 16.5. The number of anilines is 1. The molecule has 2 aromatic rings. The summed E-state index contributed by atoms with van der Waals surface area (Å²) in [5.41, 5.74) is 6.51. The summed E-state index contributed by atoms with van der Waals surface area (Å²) >= 11 is 0. The van der Waals surface area contributed by atoms with Gasteiger partial charge in [0.15, 0.2) is 0 Å². The fourth-order valence-corrected chi connectivity index (χ4v) is 2.04. The Balaban J connectivity index is 1.67. The molecule has 4 nitrogen and oxygen atoms in total. The second-order valence-electron chi connectivity index (χ2n) is 4.99. The van der Waals surface area contributed by atoms with E-state index in [0.29, 0.717) is 12.3 Å². The van der Waals surface area contributed by atoms with E-state index in [0.717, 1.165) is 36.8 Å². The number of nitrogens with zero attached hydrogens (tertiary/aromatic N) is 1. The maximum Gasteiger partial charge on any atom is 0.142 e. The predicted molar refractivity (Wildman–Crippen MR) is 80.7 cm³/mol. The molecule has 0 spiro atoms. The molecule has 0 fully saturated rings. The van der Waals surface area contributed by atoms with Crippen LogP contribution >= 0.6 is 0 Å². The third-order valence-electron chi connectivity index (χ3n) is 3.08. The van der Waals surface area contributed by atoms with E-state index in [1.165, 1.54) is 0 Å². The molecular weight excluding hydrogens is 252 g/mol. The number of furan rings is 1. The van der Waals surface area contributed by atoms with Crippen molar-refractivity contribution in [1.29, 1.82) is 0 Å². The lowest BCUT2D eigenvalue weighted by Gasteiger charge is -2.15. The number of para-hydroxylation sites is 2. The Kier molecular flexibility index (Phi) is 5.07. The van der Waals surface area contributed by atoms with Gasteiger partial charge in [0, 0.05) is 6.54 Å². The van der Waals surface area contributed by atoms with Crippen molar-refractivity contribution in [1.82, 2.24) is 4.90 Å². The van der Waals surface area contributed by atoms with Crippen molar-refractivity contribution in [2.75, 3.05) is 25.9 Å². The Hall–Kier alpha value is -1.94. The quantitative estimate of drug-likeness (QED) is 0.622. The van der Waals surface area contributed by atoms with Crippen LogP contribution in [-0.4, -0.2) is 25.1 Å². The molecule has 2 rings (SSSR count). The Morgan fingerprint density at radius 1 is 1.20 bits per heavy atom. The minimum Gasteiger partial charge on any atom is -0.491 e. The standard InChI is InChI=1S/C16H22N2O2/c1-13-8-9-14(20-13)12-18(2)10-5-11-19-16-7-4-3-6-15(16)17/h3-4,6-9H,5,10-12,17H2,1-2H3. The van der Waals surface area contributed by atoms with Crippen LogP contribution in [0.2, 0.25) is 0 Å². The van der Waals surface area contributed by atoms with Crippen molar-refractivity contribution in [3.63, 3.8) is 0 Å². The van der Waals surface area contributed by atoms with Gasteiger partial charge in [-0.1, -0.05) is 12.1 Å². The van der Waals surface area contributed by atoms with E-state index in [-0.39, 0.29) is 0 Å². The number of ether oxygens (including phenoxy) is 1. The summed E-state index contributed by atoms with van der Waals surface area (Å²) in [6.07, 6.45) is 0.949. The molecule has 0 radical (unpaired) electrons. The second-order valence-corrected chi connectivity index (χ2v) is 4.99. The molecule has 108 valence electrons. The summed E-state index contributed by atoms with van der Waals surface area (Å²) in [6.45, 7) is 4.39. The summed E-state index contributed by atoms with van der Waals surface area (Å²) in [6, 6.07) is 11.6. The van der Waals surface area contributed by atoms with E-state index >= 15 is 0 Å². The number of nitrogen functional groups attached to an aromatic ring is 1. The van der Waals surface area contributed by atoms with Crippen LogP contribution in [0.25, 0.3) is 0 Å². The first-order valence-electron chi connectivity index (χ1n) is 6.86. The third kappa shape index (κ3) is 4.31. The molecule has 1 aromatic heterocycles. The molecule has 1 heterocycles. The number of rotatable bonds is 7. The van der Waals surface area contributed by atoms with Gasteiger partial charge in [-0.25, -0.2) is 0 Å². The highest BCUT2D eigenvalue weighted by Crippen LogP contribution is 2.19. The van der Waals surface area contributed by atoms with Crippen molar-refractivity contribution < 1.29 is 9.15 Å². The summed E-state index contributed by atoms with van der Waals surface area (Å²) in [5, 5.41) is 0. The zero-order valence-corrected chi connectivity index (χ0v) is 12.1. The minimum absolute atomic E-state index is 0.662. The van der Waals surface area contributed by atoms with E-state index in [4.69, 9.17) is 14.9 Å². The zero-order valence-electron chi connectivity index (χ0n) is 12.1. The molecule has 20 heavy (non-hydrogen) atoms. The summed E-state index contributed by atoms with van der Waals surface area (Å²) < 4.78 is 11.2. The largest absolute Gasteiger partial charge is 0.491 e. The van der Waals surface area contributed by atoms with Gasteiger partial charge in [0.25, 0.3) is 0 Å². The van der Waals surface area contributed by atoms with Crippen LogP contribution in [0.1, 0.15) is 17.9 Å². The van der Waals surface area contributed by atoms with Gasteiger partial charge in [-0.15, -0.1) is 0 Å². The molecule has 0 aliphatic carbocycles. The molecule has 0 bridgehead atoms. The third-order valence-corrected chi connectivity index (χ3v) is 3.08. The topological polar surface area (TPSA) is 51.6 Å². The molecule has 0 aliphatic heterocycles. The highest BCUT2D eigenvalue weighted by molar-refractivity contribution is 5.51. The lowest BCUT2D eigenvalue weighted by molar-refractivity contribution is 0.247. The zero-order chi connectivity index (χ0) is 14.4. The lowest BCUT2D eigenvalue weighted by atomic mass is 10.3. The minimum atomic E-state index is 0.662. The fourth-order valence-electron chi connectivity index (χ4n) is 2.04. The van der Waals surface area contributed by atoms with Crippen LogP contribution in [0.5, 0.6) is 5.75 Å². The van der Waals surface area contributed by atoms with Gasteiger partial charge in [0.05, 0.1) is 18.8 Å².